The van der Waals surface area contributed by atoms with Crippen molar-refractivity contribution in [2.24, 2.45) is 0 Å². The third-order valence-electron chi connectivity index (χ3n) is 1.77. The summed E-state index contributed by atoms with van der Waals surface area (Å²) in [5.41, 5.74) is 0. The molecule has 0 aromatic heterocycles. The van der Waals surface area contributed by atoms with E-state index >= 15 is 0 Å². The van der Waals surface area contributed by atoms with Crippen LogP contribution in [0.15, 0.2) is 0 Å². The van der Waals surface area contributed by atoms with Crippen molar-refractivity contribution >= 4 is 0 Å². The summed E-state index contributed by atoms with van der Waals surface area (Å²) in [7, 11) is 2.02. The molecule has 1 aliphatic carbocycles. The van der Waals surface area contributed by atoms with Gasteiger partial charge < -0.3 is 5.32 Å². The van der Waals surface area contributed by atoms with Crippen LogP contribution in [-0.4, -0.2) is 13.1 Å². The lowest BCUT2D eigenvalue weighted by Crippen LogP contribution is -2.23. The highest BCUT2D eigenvalue weighted by molar-refractivity contribution is 5.02. The van der Waals surface area contributed by atoms with Crippen LogP contribution in [0, 0.1) is 11.8 Å². The minimum absolute atomic E-state index is 0. The van der Waals surface area contributed by atoms with Crippen molar-refractivity contribution in [1.29, 1.82) is 0 Å². The third kappa shape index (κ3) is 2.07. The van der Waals surface area contributed by atoms with E-state index in [1.807, 2.05) is 7.05 Å². The van der Waals surface area contributed by atoms with Crippen LogP contribution in [0.2, 0.25) is 0 Å². The first-order chi connectivity index (χ1) is 4.43. The molecule has 0 radical (unpaired) electrons. The van der Waals surface area contributed by atoms with Gasteiger partial charge in [0.2, 0.25) is 0 Å². The van der Waals surface area contributed by atoms with Gasteiger partial charge in [0, 0.05) is 21.7 Å². The predicted molar refractivity (Wildman–Crippen MR) is 43.3 cm³/mol. The number of rotatable bonds is 1. The van der Waals surface area contributed by atoms with Gasteiger partial charge in [-0.1, -0.05) is 0 Å². The minimum atomic E-state index is 0. The molecular formula is C8H17N. The molecule has 0 spiro atoms. The van der Waals surface area contributed by atoms with Crippen LogP contribution >= 0.6 is 0 Å². The average molecular weight is 127 g/mol. The normalized spacial score (nSPS) is 20.1. The Morgan fingerprint density at radius 1 is 1.33 bits per heavy atom. The highest BCUT2D eigenvalue weighted by atomic mass is 14.9. The lowest BCUT2D eigenvalue weighted by Gasteiger charge is -2.10. The second-order valence-corrected chi connectivity index (χ2v) is 2.42. The van der Waals surface area contributed by atoms with E-state index in [4.69, 9.17) is 0 Å². The van der Waals surface area contributed by atoms with E-state index in [1.54, 1.807) is 0 Å². The monoisotopic (exact) mass is 127 g/mol. The van der Waals surface area contributed by atoms with Gasteiger partial charge in [0.15, 0.2) is 0 Å². The van der Waals surface area contributed by atoms with Crippen molar-refractivity contribution in [3.8, 4) is 11.8 Å². The molecule has 0 saturated heterocycles. The Balaban J connectivity index is 0. The Labute approximate surface area is 59.8 Å². The second-order valence-electron chi connectivity index (χ2n) is 2.42. The molecule has 0 fully saturated rings. The van der Waals surface area contributed by atoms with Gasteiger partial charge in [0.05, 0.1) is 0 Å². The standard InChI is InChI=1S/C8H13N.2H2/c1-9-8-6-4-2-3-5-7-8;;/h8-9H,4-7H2,1H3;2*1H. The summed E-state index contributed by atoms with van der Waals surface area (Å²) in [5.74, 6) is 6.24. The van der Waals surface area contributed by atoms with Crippen LogP contribution < -0.4 is 5.32 Å². The summed E-state index contributed by atoms with van der Waals surface area (Å²) in [6.07, 6.45) is 4.60. The molecule has 0 aromatic carbocycles. The molecule has 9 heavy (non-hydrogen) atoms. The van der Waals surface area contributed by atoms with Gasteiger partial charge in [-0.05, 0) is 19.9 Å². The van der Waals surface area contributed by atoms with E-state index in [1.165, 1.54) is 12.8 Å². The Morgan fingerprint density at radius 3 is 2.33 bits per heavy atom. The summed E-state index contributed by atoms with van der Waals surface area (Å²) >= 11 is 0. The van der Waals surface area contributed by atoms with E-state index in [2.05, 4.69) is 17.2 Å². The highest BCUT2D eigenvalue weighted by Gasteiger charge is 2.04. The first kappa shape index (κ1) is 6.64. The molecule has 1 heteroatoms. The van der Waals surface area contributed by atoms with Crippen LogP contribution in [0.1, 0.15) is 28.5 Å². The molecule has 1 aliphatic rings. The van der Waals surface area contributed by atoms with Crippen molar-refractivity contribution in [3.63, 3.8) is 0 Å². The molecule has 0 saturated carbocycles. The Hall–Kier alpha value is -0.480. The summed E-state index contributed by atoms with van der Waals surface area (Å²) in [6.45, 7) is 0. The Kier molecular flexibility index (Phi) is 2.60. The lowest BCUT2D eigenvalue weighted by molar-refractivity contribution is 0.508. The predicted octanol–water partition coefficient (Wildman–Crippen LogP) is 1.64. The zero-order valence-corrected chi connectivity index (χ0v) is 5.91. The summed E-state index contributed by atoms with van der Waals surface area (Å²) in [4.78, 5) is 0. The smallest absolute Gasteiger partial charge is 0.0103 e. The lowest BCUT2D eigenvalue weighted by atomic mass is 10.1. The van der Waals surface area contributed by atoms with E-state index in [0.29, 0.717) is 6.04 Å². The van der Waals surface area contributed by atoms with E-state index in [-0.39, 0.29) is 2.85 Å². The molecule has 0 heterocycles. The summed E-state index contributed by atoms with van der Waals surface area (Å²) < 4.78 is 0. The molecule has 1 N–H and O–H groups in total. The molecular weight excluding hydrogens is 110 g/mol. The van der Waals surface area contributed by atoms with Crippen molar-refractivity contribution in [3.05, 3.63) is 0 Å². The zero-order valence-electron chi connectivity index (χ0n) is 5.91. The van der Waals surface area contributed by atoms with Crippen molar-refractivity contribution in [2.45, 2.75) is 31.7 Å². The van der Waals surface area contributed by atoms with Gasteiger partial charge in [0.25, 0.3) is 0 Å². The topological polar surface area (TPSA) is 12.0 Å². The van der Waals surface area contributed by atoms with Gasteiger partial charge in [-0.2, -0.15) is 0 Å². The maximum absolute atomic E-state index is 3.26. The molecule has 0 atom stereocenters. The quantitative estimate of drug-likeness (QED) is 0.528. The van der Waals surface area contributed by atoms with Crippen molar-refractivity contribution in [1.82, 2.24) is 5.32 Å². The summed E-state index contributed by atoms with van der Waals surface area (Å²) in [5, 5.41) is 3.26. The SMILES string of the molecule is CNC1CCC#CCC1.[HH].[HH]. The number of hydrogen-bond donors (Lipinski definition) is 1. The maximum Gasteiger partial charge on any atom is 0.0103 e. The van der Waals surface area contributed by atoms with Gasteiger partial charge in [-0.15, -0.1) is 11.8 Å². The summed E-state index contributed by atoms with van der Waals surface area (Å²) in [6, 6.07) is 0.701. The fourth-order valence-corrected chi connectivity index (χ4v) is 1.10. The van der Waals surface area contributed by atoms with Gasteiger partial charge in [-0.25, -0.2) is 0 Å². The molecule has 0 unspecified atom stereocenters. The minimum Gasteiger partial charge on any atom is -0.317 e. The fourth-order valence-electron chi connectivity index (χ4n) is 1.10. The van der Waals surface area contributed by atoms with Crippen LogP contribution in [0.4, 0.5) is 0 Å². The number of nitrogens with one attached hydrogen (secondary N) is 1. The van der Waals surface area contributed by atoms with Gasteiger partial charge in [-0.3, -0.25) is 0 Å². The second kappa shape index (κ2) is 3.53. The first-order valence-electron chi connectivity index (χ1n) is 3.56. The molecule has 54 valence electrons. The molecule has 0 amide bonds. The van der Waals surface area contributed by atoms with E-state index in [0.717, 1.165) is 12.8 Å². The van der Waals surface area contributed by atoms with E-state index < -0.39 is 0 Å². The van der Waals surface area contributed by atoms with Crippen molar-refractivity contribution in [2.75, 3.05) is 7.05 Å². The average Bonchev–Trinajstić information content (AvgIpc) is 2.13. The van der Waals surface area contributed by atoms with Gasteiger partial charge >= 0.3 is 0 Å². The maximum atomic E-state index is 3.26. The molecule has 1 rings (SSSR count). The van der Waals surface area contributed by atoms with Crippen molar-refractivity contribution < 1.29 is 2.85 Å². The van der Waals surface area contributed by atoms with Crippen LogP contribution in [0.5, 0.6) is 0 Å². The first-order valence-corrected chi connectivity index (χ1v) is 3.56. The van der Waals surface area contributed by atoms with Crippen LogP contribution in [-0.2, 0) is 0 Å². The highest BCUT2D eigenvalue weighted by Crippen LogP contribution is 2.06. The zero-order chi connectivity index (χ0) is 6.53. The van der Waals surface area contributed by atoms with Crippen LogP contribution in [0.25, 0.3) is 0 Å². The fraction of sp³-hybridized carbons (Fsp3) is 0.750. The molecule has 1 nitrogen and oxygen atoms in total. The molecule has 0 bridgehead atoms. The third-order valence-corrected chi connectivity index (χ3v) is 1.77. The Bertz CT molecular complexity index is 125. The van der Waals surface area contributed by atoms with Crippen LogP contribution in [0.3, 0.4) is 0 Å². The Morgan fingerprint density at radius 2 is 1.89 bits per heavy atom. The van der Waals surface area contributed by atoms with E-state index in [9.17, 15) is 0 Å². The largest absolute Gasteiger partial charge is 0.317 e. The molecule has 0 aromatic rings. The van der Waals surface area contributed by atoms with Gasteiger partial charge in [0.1, 0.15) is 0 Å². The molecule has 0 aliphatic heterocycles. The number of hydrogen-bond acceptors (Lipinski definition) is 1.